The number of hydrogen-bond acceptors (Lipinski definition) is 3. The Labute approximate surface area is 78.5 Å². The Balaban J connectivity index is 2.48. The van der Waals surface area contributed by atoms with Crippen LogP contribution in [0.25, 0.3) is 0 Å². The second-order valence-electron chi connectivity index (χ2n) is 4.21. The number of rotatable bonds is 5. The molecule has 4 heteroatoms. The quantitative estimate of drug-likeness (QED) is 0.426. The molecule has 1 heterocycles. The van der Waals surface area contributed by atoms with Crippen LogP contribution in [0.15, 0.2) is 0 Å². The number of carboxylic acids is 1. The second-order valence-corrected chi connectivity index (χ2v) is 4.21. The molecule has 1 saturated heterocycles. The molecule has 0 radical (unpaired) electrons. The molecule has 13 heavy (non-hydrogen) atoms. The van der Waals surface area contributed by atoms with Gasteiger partial charge in [-0.2, -0.15) is 0 Å². The standard InChI is InChI=1S/C9H18N2O2/c1-8(2)9(11-8,7(12)13)5-3-4-6-10/h11H,3-6,10H2,1-2H3,(H,12,13)/t9-/m0/s1. The molecule has 0 aliphatic carbocycles. The van der Waals surface area contributed by atoms with Gasteiger partial charge in [-0.3, -0.25) is 10.1 Å². The van der Waals surface area contributed by atoms with Crippen LogP contribution in [-0.2, 0) is 4.79 Å². The number of carbonyl (C=O) groups is 1. The van der Waals surface area contributed by atoms with E-state index in [4.69, 9.17) is 10.8 Å². The molecule has 1 rings (SSSR count). The van der Waals surface area contributed by atoms with Crippen LogP contribution in [0, 0.1) is 0 Å². The van der Waals surface area contributed by atoms with Crippen LogP contribution in [0.3, 0.4) is 0 Å². The summed E-state index contributed by atoms with van der Waals surface area (Å²) in [7, 11) is 0. The van der Waals surface area contributed by atoms with E-state index in [0.717, 1.165) is 12.8 Å². The topological polar surface area (TPSA) is 85.3 Å². The summed E-state index contributed by atoms with van der Waals surface area (Å²) in [5.74, 6) is -0.741. The largest absolute Gasteiger partial charge is 0.480 e. The number of hydrogen-bond donors (Lipinski definition) is 3. The Morgan fingerprint density at radius 2 is 2.00 bits per heavy atom. The first kappa shape index (κ1) is 10.5. The SMILES string of the molecule is CC1(C)N[C@@]1(CCCCN)C(=O)O. The maximum atomic E-state index is 11.0. The highest BCUT2D eigenvalue weighted by Gasteiger charge is 2.65. The fourth-order valence-corrected chi connectivity index (χ4v) is 1.84. The van der Waals surface area contributed by atoms with E-state index >= 15 is 0 Å². The summed E-state index contributed by atoms with van der Waals surface area (Å²) < 4.78 is 0. The van der Waals surface area contributed by atoms with Crippen molar-refractivity contribution in [3.05, 3.63) is 0 Å². The highest BCUT2D eigenvalue weighted by atomic mass is 16.4. The molecule has 0 amide bonds. The molecule has 0 aromatic carbocycles. The van der Waals surface area contributed by atoms with Crippen LogP contribution < -0.4 is 11.1 Å². The van der Waals surface area contributed by atoms with Crippen molar-refractivity contribution in [3.63, 3.8) is 0 Å². The Hall–Kier alpha value is -0.610. The number of unbranched alkanes of at least 4 members (excludes halogenated alkanes) is 1. The predicted octanol–water partition coefficient (Wildman–Crippen LogP) is 0.321. The zero-order valence-corrected chi connectivity index (χ0v) is 8.26. The first-order valence-corrected chi connectivity index (χ1v) is 4.69. The van der Waals surface area contributed by atoms with Crippen molar-refractivity contribution < 1.29 is 9.90 Å². The Kier molecular flexibility index (Phi) is 2.63. The lowest BCUT2D eigenvalue weighted by Gasteiger charge is -2.11. The van der Waals surface area contributed by atoms with Crippen molar-refractivity contribution in [3.8, 4) is 0 Å². The van der Waals surface area contributed by atoms with E-state index < -0.39 is 11.5 Å². The van der Waals surface area contributed by atoms with Crippen LogP contribution in [0.4, 0.5) is 0 Å². The minimum absolute atomic E-state index is 0.257. The molecule has 0 aromatic heterocycles. The highest BCUT2D eigenvalue weighted by Crippen LogP contribution is 2.42. The van der Waals surface area contributed by atoms with Gasteiger partial charge in [0.2, 0.25) is 0 Å². The molecule has 0 bridgehead atoms. The van der Waals surface area contributed by atoms with E-state index in [1.165, 1.54) is 0 Å². The van der Waals surface area contributed by atoms with Crippen molar-refractivity contribution in [2.24, 2.45) is 5.73 Å². The number of nitrogens with two attached hydrogens (primary N) is 1. The Morgan fingerprint density at radius 3 is 2.31 bits per heavy atom. The van der Waals surface area contributed by atoms with Crippen molar-refractivity contribution in [2.45, 2.75) is 44.2 Å². The van der Waals surface area contributed by atoms with Crippen LogP contribution in [0.5, 0.6) is 0 Å². The van der Waals surface area contributed by atoms with E-state index in [1.54, 1.807) is 0 Å². The molecule has 1 aliphatic heterocycles. The summed E-state index contributed by atoms with van der Waals surface area (Å²) in [6.07, 6.45) is 2.44. The summed E-state index contributed by atoms with van der Waals surface area (Å²) in [5, 5.41) is 12.1. The molecule has 0 saturated carbocycles. The molecule has 0 unspecified atom stereocenters. The third-order valence-corrected chi connectivity index (χ3v) is 2.90. The van der Waals surface area contributed by atoms with Crippen molar-refractivity contribution in [1.29, 1.82) is 0 Å². The zero-order valence-electron chi connectivity index (χ0n) is 8.26. The summed E-state index contributed by atoms with van der Waals surface area (Å²) >= 11 is 0. The van der Waals surface area contributed by atoms with Gasteiger partial charge < -0.3 is 10.8 Å². The smallest absolute Gasteiger partial charge is 0.325 e. The Bertz CT molecular complexity index is 216. The van der Waals surface area contributed by atoms with Gasteiger partial charge in [0.1, 0.15) is 5.54 Å². The van der Waals surface area contributed by atoms with Gasteiger partial charge in [-0.15, -0.1) is 0 Å². The molecule has 0 aromatic rings. The third kappa shape index (κ3) is 1.69. The zero-order chi connectivity index (χ0) is 10.1. The highest BCUT2D eigenvalue weighted by molar-refractivity contribution is 5.85. The summed E-state index contributed by atoms with van der Waals surface area (Å²) in [4.78, 5) is 11.0. The Morgan fingerprint density at radius 1 is 1.46 bits per heavy atom. The van der Waals surface area contributed by atoms with E-state index in [9.17, 15) is 4.79 Å². The van der Waals surface area contributed by atoms with E-state index in [0.29, 0.717) is 13.0 Å². The summed E-state index contributed by atoms with van der Waals surface area (Å²) in [6, 6.07) is 0. The molecule has 76 valence electrons. The molecule has 1 aliphatic rings. The van der Waals surface area contributed by atoms with Gasteiger partial charge in [0.05, 0.1) is 0 Å². The average molecular weight is 186 g/mol. The van der Waals surface area contributed by atoms with Crippen LogP contribution in [0.2, 0.25) is 0 Å². The maximum Gasteiger partial charge on any atom is 0.325 e. The molecule has 4 N–H and O–H groups in total. The lowest BCUT2D eigenvalue weighted by molar-refractivity contribution is -0.140. The fraction of sp³-hybridized carbons (Fsp3) is 0.889. The summed E-state index contributed by atoms with van der Waals surface area (Å²) in [6.45, 7) is 4.48. The number of nitrogens with one attached hydrogen (secondary N) is 1. The van der Waals surface area contributed by atoms with Crippen molar-refractivity contribution in [2.75, 3.05) is 6.54 Å². The van der Waals surface area contributed by atoms with Gasteiger partial charge in [-0.05, 0) is 39.7 Å². The van der Waals surface area contributed by atoms with Gasteiger partial charge in [0.15, 0.2) is 0 Å². The normalized spacial score (nSPS) is 30.1. The second kappa shape index (κ2) is 3.27. The van der Waals surface area contributed by atoms with Crippen LogP contribution >= 0.6 is 0 Å². The first-order chi connectivity index (χ1) is 5.96. The minimum atomic E-state index is -0.741. The van der Waals surface area contributed by atoms with Crippen LogP contribution in [-0.4, -0.2) is 28.7 Å². The molecule has 1 atom stereocenters. The lowest BCUT2D eigenvalue weighted by atomic mass is 9.90. The first-order valence-electron chi connectivity index (χ1n) is 4.69. The molecular weight excluding hydrogens is 168 g/mol. The van der Waals surface area contributed by atoms with E-state index in [1.807, 2.05) is 13.8 Å². The number of aliphatic carboxylic acids is 1. The van der Waals surface area contributed by atoms with Gasteiger partial charge in [0.25, 0.3) is 0 Å². The molecular formula is C9H18N2O2. The average Bonchev–Trinajstić information content (AvgIpc) is 2.56. The third-order valence-electron chi connectivity index (χ3n) is 2.90. The van der Waals surface area contributed by atoms with Crippen molar-refractivity contribution >= 4 is 5.97 Å². The van der Waals surface area contributed by atoms with Gasteiger partial charge in [-0.1, -0.05) is 0 Å². The number of carboxylic acid groups (broad SMARTS) is 1. The van der Waals surface area contributed by atoms with Gasteiger partial charge >= 0.3 is 5.97 Å². The predicted molar refractivity (Wildman–Crippen MR) is 50.5 cm³/mol. The van der Waals surface area contributed by atoms with Gasteiger partial charge in [-0.25, -0.2) is 0 Å². The van der Waals surface area contributed by atoms with E-state index in [2.05, 4.69) is 5.32 Å². The summed E-state index contributed by atoms with van der Waals surface area (Å²) in [5.41, 5.74) is 4.41. The van der Waals surface area contributed by atoms with Gasteiger partial charge in [0, 0.05) is 5.54 Å². The van der Waals surface area contributed by atoms with Crippen molar-refractivity contribution in [1.82, 2.24) is 5.32 Å². The molecule has 0 spiro atoms. The molecule has 1 fully saturated rings. The monoisotopic (exact) mass is 186 g/mol. The fourth-order valence-electron chi connectivity index (χ4n) is 1.84. The van der Waals surface area contributed by atoms with Crippen LogP contribution in [0.1, 0.15) is 33.1 Å². The minimum Gasteiger partial charge on any atom is -0.480 e. The van der Waals surface area contributed by atoms with E-state index in [-0.39, 0.29) is 5.54 Å². The lowest BCUT2D eigenvalue weighted by Crippen LogP contribution is -2.32. The maximum absolute atomic E-state index is 11.0. The molecule has 4 nitrogen and oxygen atoms in total.